The summed E-state index contributed by atoms with van der Waals surface area (Å²) in [6.07, 6.45) is 1.51. The number of carbonyl (C=O) groups is 1. The van der Waals surface area contributed by atoms with Crippen LogP contribution in [0.4, 0.5) is 0 Å². The van der Waals surface area contributed by atoms with Crippen LogP contribution in [0.1, 0.15) is 12.6 Å². The molecule has 1 amide bonds. The van der Waals surface area contributed by atoms with E-state index in [4.69, 9.17) is 4.52 Å². The van der Waals surface area contributed by atoms with E-state index in [2.05, 4.69) is 27.2 Å². The van der Waals surface area contributed by atoms with Crippen molar-refractivity contribution >= 4 is 5.91 Å². The molecular weight excluding hydrogens is 232 g/mol. The van der Waals surface area contributed by atoms with Crippen LogP contribution >= 0.6 is 0 Å². The second-order valence-electron chi connectivity index (χ2n) is 4.48. The highest BCUT2D eigenvalue weighted by Crippen LogP contribution is 2.00. The van der Waals surface area contributed by atoms with E-state index >= 15 is 0 Å². The molecule has 0 bridgehead atoms. The van der Waals surface area contributed by atoms with Gasteiger partial charge in [0.15, 0.2) is 0 Å². The van der Waals surface area contributed by atoms with Crippen LogP contribution < -0.4 is 5.32 Å². The van der Waals surface area contributed by atoms with Crippen LogP contribution in [-0.4, -0.2) is 60.1 Å². The first-order valence-electron chi connectivity index (χ1n) is 6.38. The molecule has 1 aromatic rings. The van der Waals surface area contributed by atoms with Crippen molar-refractivity contribution in [2.75, 3.05) is 39.3 Å². The topological polar surface area (TPSA) is 61.6 Å². The van der Waals surface area contributed by atoms with Gasteiger partial charge in [-0.25, -0.2) is 0 Å². The molecule has 100 valence electrons. The Balaban J connectivity index is 1.65. The lowest BCUT2D eigenvalue weighted by Gasteiger charge is -2.33. The second-order valence-corrected chi connectivity index (χ2v) is 4.48. The number of rotatable bonds is 5. The van der Waals surface area contributed by atoms with E-state index in [0.29, 0.717) is 13.1 Å². The van der Waals surface area contributed by atoms with Gasteiger partial charge in [0.05, 0.1) is 13.1 Å². The van der Waals surface area contributed by atoms with Crippen molar-refractivity contribution in [3.63, 3.8) is 0 Å². The van der Waals surface area contributed by atoms with Crippen molar-refractivity contribution in [1.82, 2.24) is 20.3 Å². The normalized spacial score (nSPS) is 17.8. The van der Waals surface area contributed by atoms with Crippen LogP contribution in [0.25, 0.3) is 0 Å². The number of hydrogen-bond acceptors (Lipinski definition) is 5. The predicted octanol–water partition coefficient (Wildman–Crippen LogP) is -0.0717. The average molecular weight is 252 g/mol. The highest BCUT2D eigenvalue weighted by atomic mass is 16.5. The Morgan fingerprint density at radius 2 is 2.11 bits per heavy atom. The minimum Gasteiger partial charge on any atom is -0.364 e. The number of piperazine rings is 1. The molecule has 2 rings (SSSR count). The maximum atomic E-state index is 11.7. The van der Waals surface area contributed by atoms with Gasteiger partial charge >= 0.3 is 0 Å². The minimum atomic E-state index is 0.0444. The number of amides is 1. The molecule has 1 N–H and O–H groups in total. The SMILES string of the molecule is CCN1CCN(CC(=O)NCc2ccon2)CC1. The van der Waals surface area contributed by atoms with Gasteiger partial charge in [0.25, 0.3) is 0 Å². The molecule has 0 aromatic carbocycles. The summed E-state index contributed by atoms with van der Waals surface area (Å²) in [7, 11) is 0. The standard InChI is InChI=1S/C12H20N4O2/c1-2-15-4-6-16(7-5-15)10-12(17)13-9-11-3-8-18-14-11/h3,8H,2,4-7,9-10H2,1H3,(H,13,17). The Bertz CT molecular complexity index is 358. The Labute approximate surface area is 107 Å². The fourth-order valence-electron chi connectivity index (χ4n) is 2.04. The van der Waals surface area contributed by atoms with E-state index in [0.717, 1.165) is 38.4 Å². The first-order chi connectivity index (χ1) is 8.78. The van der Waals surface area contributed by atoms with E-state index in [1.165, 1.54) is 6.26 Å². The summed E-state index contributed by atoms with van der Waals surface area (Å²) in [6.45, 7) is 8.18. The van der Waals surface area contributed by atoms with E-state index in [9.17, 15) is 4.79 Å². The number of likely N-dealkylation sites (N-methyl/N-ethyl adjacent to an activating group) is 1. The van der Waals surface area contributed by atoms with Gasteiger partial charge < -0.3 is 14.7 Å². The molecule has 2 heterocycles. The molecule has 1 aromatic heterocycles. The fraction of sp³-hybridized carbons (Fsp3) is 0.667. The Kier molecular flexibility index (Phi) is 4.72. The summed E-state index contributed by atoms with van der Waals surface area (Å²) < 4.78 is 4.70. The predicted molar refractivity (Wildman–Crippen MR) is 66.9 cm³/mol. The monoisotopic (exact) mass is 252 g/mol. The number of hydrogen-bond donors (Lipinski definition) is 1. The lowest BCUT2D eigenvalue weighted by atomic mass is 10.3. The molecule has 1 aliphatic heterocycles. The zero-order valence-corrected chi connectivity index (χ0v) is 10.8. The van der Waals surface area contributed by atoms with Crippen LogP contribution in [0.5, 0.6) is 0 Å². The summed E-state index contributed by atoms with van der Waals surface area (Å²) in [5.74, 6) is 0.0444. The summed E-state index contributed by atoms with van der Waals surface area (Å²) in [4.78, 5) is 16.3. The third kappa shape index (κ3) is 3.82. The number of carbonyl (C=O) groups excluding carboxylic acids is 1. The van der Waals surface area contributed by atoms with Gasteiger partial charge in [-0.05, 0) is 6.54 Å². The molecule has 0 spiro atoms. The van der Waals surface area contributed by atoms with E-state index < -0.39 is 0 Å². The molecule has 0 atom stereocenters. The third-order valence-electron chi connectivity index (χ3n) is 3.24. The Morgan fingerprint density at radius 3 is 2.72 bits per heavy atom. The van der Waals surface area contributed by atoms with Crippen LogP contribution in [0.2, 0.25) is 0 Å². The van der Waals surface area contributed by atoms with Crippen LogP contribution in [0.15, 0.2) is 16.9 Å². The van der Waals surface area contributed by atoms with Gasteiger partial charge in [-0.15, -0.1) is 0 Å². The highest BCUT2D eigenvalue weighted by molar-refractivity contribution is 5.77. The van der Waals surface area contributed by atoms with Crippen molar-refractivity contribution in [3.05, 3.63) is 18.0 Å². The van der Waals surface area contributed by atoms with E-state index in [1.54, 1.807) is 6.07 Å². The van der Waals surface area contributed by atoms with E-state index in [-0.39, 0.29) is 5.91 Å². The molecule has 0 aliphatic carbocycles. The summed E-state index contributed by atoms with van der Waals surface area (Å²) in [6, 6.07) is 1.75. The molecule has 0 radical (unpaired) electrons. The van der Waals surface area contributed by atoms with Gasteiger partial charge in [0, 0.05) is 32.2 Å². The van der Waals surface area contributed by atoms with Gasteiger partial charge in [-0.2, -0.15) is 0 Å². The van der Waals surface area contributed by atoms with Crippen LogP contribution in [-0.2, 0) is 11.3 Å². The quantitative estimate of drug-likeness (QED) is 0.795. The second kappa shape index (κ2) is 6.51. The summed E-state index contributed by atoms with van der Waals surface area (Å²) >= 11 is 0. The third-order valence-corrected chi connectivity index (χ3v) is 3.24. The largest absolute Gasteiger partial charge is 0.364 e. The van der Waals surface area contributed by atoms with Gasteiger partial charge in [-0.1, -0.05) is 12.1 Å². The van der Waals surface area contributed by atoms with Gasteiger partial charge in [-0.3, -0.25) is 9.69 Å². The smallest absolute Gasteiger partial charge is 0.234 e. The van der Waals surface area contributed by atoms with Gasteiger partial charge in [0.1, 0.15) is 12.0 Å². The first kappa shape index (κ1) is 13.0. The summed E-state index contributed by atoms with van der Waals surface area (Å²) in [5.41, 5.74) is 0.749. The van der Waals surface area contributed by atoms with Crippen molar-refractivity contribution in [3.8, 4) is 0 Å². The summed E-state index contributed by atoms with van der Waals surface area (Å²) in [5, 5.41) is 6.59. The van der Waals surface area contributed by atoms with Crippen molar-refractivity contribution < 1.29 is 9.32 Å². The molecule has 0 saturated carbocycles. The molecule has 1 fully saturated rings. The molecular formula is C12H20N4O2. The first-order valence-corrected chi connectivity index (χ1v) is 6.38. The molecule has 6 nitrogen and oxygen atoms in total. The Hall–Kier alpha value is -1.40. The number of nitrogens with one attached hydrogen (secondary N) is 1. The lowest BCUT2D eigenvalue weighted by Crippen LogP contribution is -2.49. The van der Waals surface area contributed by atoms with Gasteiger partial charge in [0.2, 0.25) is 5.91 Å². The minimum absolute atomic E-state index is 0.0444. The number of nitrogens with zero attached hydrogens (tertiary/aromatic N) is 3. The zero-order valence-electron chi connectivity index (χ0n) is 10.8. The van der Waals surface area contributed by atoms with Crippen LogP contribution in [0, 0.1) is 0 Å². The molecule has 1 saturated heterocycles. The molecule has 18 heavy (non-hydrogen) atoms. The van der Waals surface area contributed by atoms with Crippen molar-refractivity contribution in [2.45, 2.75) is 13.5 Å². The lowest BCUT2D eigenvalue weighted by molar-refractivity contribution is -0.122. The van der Waals surface area contributed by atoms with Crippen molar-refractivity contribution in [2.24, 2.45) is 0 Å². The Morgan fingerprint density at radius 1 is 1.39 bits per heavy atom. The maximum Gasteiger partial charge on any atom is 0.234 e. The fourth-order valence-corrected chi connectivity index (χ4v) is 2.04. The zero-order chi connectivity index (χ0) is 12.8. The average Bonchev–Trinajstić information content (AvgIpc) is 2.90. The molecule has 6 heteroatoms. The maximum absolute atomic E-state index is 11.7. The van der Waals surface area contributed by atoms with E-state index in [1.807, 2.05) is 0 Å². The molecule has 1 aliphatic rings. The molecule has 0 unspecified atom stereocenters. The number of aromatic nitrogens is 1. The van der Waals surface area contributed by atoms with Crippen LogP contribution in [0.3, 0.4) is 0 Å². The van der Waals surface area contributed by atoms with Crippen molar-refractivity contribution in [1.29, 1.82) is 0 Å². The highest BCUT2D eigenvalue weighted by Gasteiger charge is 2.17.